The van der Waals surface area contributed by atoms with Crippen LogP contribution in [0.25, 0.3) is 0 Å². The fourth-order valence-corrected chi connectivity index (χ4v) is 1.57. The second-order valence-electron chi connectivity index (χ2n) is 3.67. The third-order valence-corrected chi connectivity index (χ3v) is 2.30. The number of aryl methyl sites for hydroxylation is 1. The van der Waals surface area contributed by atoms with Crippen LogP contribution >= 0.6 is 0 Å². The van der Waals surface area contributed by atoms with E-state index in [0.717, 1.165) is 5.69 Å². The highest BCUT2D eigenvalue weighted by Gasteiger charge is 2.31. The average molecular weight is 251 g/mol. The van der Waals surface area contributed by atoms with Crippen molar-refractivity contribution >= 4 is 11.9 Å². The van der Waals surface area contributed by atoms with E-state index in [1.807, 2.05) is 0 Å². The van der Waals surface area contributed by atoms with E-state index in [4.69, 9.17) is 9.47 Å². The van der Waals surface area contributed by atoms with Crippen LogP contribution in [0.5, 0.6) is 0 Å². The van der Waals surface area contributed by atoms with Gasteiger partial charge in [0, 0.05) is 11.9 Å². The summed E-state index contributed by atoms with van der Waals surface area (Å²) in [5.74, 6) is -2.23. The zero-order chi connectivity index (χ0) is 13.5. The summed E-state index contributed by atoms with van der Waals surface area (Å²) in [5.41, 5.74) is 1.27. The number of esters is 2. The zero-order valence-corrected chi connectivity index (χ0v) is 10.8. The van der Waals surface area contributed by atoms with Crippen molar-refractivity contribution in [3.05, 3.63) is 29.6 Å². The molecule has 1 rings (SSSR count). The number of hydrogen-bond acceptors (Lipinski definition) is 5. The molecule has 0 aromatic carbocycles. The Labute approximate surface area is 106 Å². The Hall–Kier alpha value is -1.91. The van der Waals surface area contributed by atoms with Crippen molar-refractivity contribution in [3.63, 3.8) is 0 Å². The predicted octanol–water partition coefficient (Wildman–Crippen LogP) is 1.60. The molecule has 98 valence electrons. The standard InChI is InChI=1S/C13H17NO4/c1-4-17-12(15)11(13(16)18-5-2)10-6-7-14-9(3)8-10/h6-8,11H,4-5H2,1-3H3. The summed E-state index contributed by atoms with van der Waals surface area (Å²) in [4.78, 5) is 27.7. The quantitative estimate of drug-likeness (QED) is 0.587. The molecule has 0 atom stereocenters. The van der Waals surface area contributed by atoms with Gasteiger partial charge in [0.05, 0.1) is 13.2 Å². The molecule has 0 unspecified atom stereocenters. The lowest BCUT2D eigenvalue weighted by Gasteiger charge is -2.14. The summed E-state index contributed by atoms with van der Waals surface area (Å²) in [5, 5.41) is 0. The topological polar surface area (TPSA) is 65.5 Å². The molecule has 5 heteroatoms. The normalized spacial score (nSPS) is 10.2. The Balaban J connectivity index is 3.03. The van der Waals surface area contributed by atoms with Gasteiger partial charge in [-0.3, -0.25) is 14.6 Å². The number of nitrogens with zero attached hydrogens (tertiary/aromatic N) is 1. The maximum atomic E-state index is 11.8. The molecule has 0 aliphatic carbocycles. The highest BCUT2D eigenvalue weighted by atomic mass is 16.6. The molecular weight excluding hydrogens is 234 g/mol. The van der Waals surface area contributed by atoms with Gasteiger partial charge in [0.2, 0.25) is 0 Å². The second kappa shape index (κ2) is 6.74. The third kappa shape index (κ3) is 3.55. The predicted molar refractivity (Wildman–Crippen MR) is 65.0 cm³/mol. The van der Waals surface area contributed by atoms with Crippen LogP contribution in [0.15, 0.2) is 18.3 Å². The molecule has 5 nitrogen and oxygen atoms in total. The summed E-state index contributed by atoms with van der Waals surface area (Å²) in [6, 6.07) is 3.30. The first-order chi connectivity index (χ1) is 8.60. The molecule has 0 fully saturated rings. The van der Waals surface area contributed by atoms with Crippen molar-refractivity contribution in [2.75, 3.05) is 13.2 Å². The molecule has 0 radical (unpaired) electrons. The van der Waals surface area contributed by atoms with E-state index < -0.39 is 17.9 Å². The Bertz CT molecular complexity index is 413. The van der Waals surface area contributed by atoms with Gasteiger partial charge >= 0.3 is 11.9 Å². The third-order valence-electron chi connectivity index (χ3n) is 2.30. The minimum Gasteiger partial charge on any atom is -0.465 e. The van der Waals surface area contributed by atoms with E-state index in [0.29, 0.717) is 5.56 Å². The molecule has 0 bridgehead atoms. The van der Waals surface area contributed by atoms with Crippen LogP contribution in [0.3, 0.4) is 0 Å². The van der Waals surface area contributed by atoms with E-state index in [-0.39, 0.29) is 13.2 Å². The summed E-state index contributed by atoms with van der Waals surface area (Å²) >= 11 is 0. The molecule has 0 N–H and O–H groups in total. The largest absolute Gasteiger partial charge is 0.465 e. The number of pyridine rings is 1. The summed E-state index contributed by atoms with van der Waals surface area (Å²) in [7, 11) is 0. The van der Waals surface area contributed by atoms with Gasteiger partial charge in [-0.1, -0.05) is 0 Å². The lowest BCUT2D eigenvalue weighted by atomic mass is 10.00. The molecule has 1 aromatic heterocycles. The van der Waals surface area contributed by atoms with Crippen molar-refractivity contribution in [3.8, 4) is 0 Å². The summed E-state index contributed by atoms with van der Waals surface area (Å²) in [6.45, 7) is 5.62. The van der Waals surface area contributed by atoms with Gasteiger partial charge in [-0.25, -0.2) is 0 Å². The first-order valence-electron chi connectivity index (χ1n) is 5.86. The monoisotopic (exact) mass is 251 g/mol. The van der Waals surface area contributed by atoms with E-state index >= 15 is 0 Å². The minimum atomic E-state index is -1.04. The Morgan fingerprint density at radius 1 is 1.22 bits per heavy atom. The molecule has 0 aliphatic rings. The fourth-order valence-electron chi connectivity index (χ4n) is 1.57. The molecule has 0 spiro atoms. The fraction of sp³-hybridized carbons (Fsp3) is 0.462. The maximum absolute atomic E-state index is 11.8. The average Bonchev–Trinajstić information content (AvgIpc) is 2.30. The number of carbonyl (C=O) groups excluding carboxylic acids is 2. The molecule has 1 aromatic rings. The van der Waals surface area contributed by atoms with Gasteiger partial charge in [-0.05, 0) is 38.5 Å². The van der Waals surface area contributed by atoms with E-state index in [1.165, 1.54) is 0 Å². The van der Waals surface area contributed by atoms with Gasteiger partial charge in [0.25, 0.3) is 0 Å². The molecule has 0 saturated carbocycles. The van der Waals surface area contributed by atoms with Gasteiger partial charge < -0.3 is 9.47 Å². The zero-order valence-electron chi connectivity index (χ0n) is 10.8. The van der Waals surface area contributed by atoms with E-state index in [1.54, 1.807) is 39.1 Å². The summed E-state index contributed by atoms with van der Waals surface area (Å²) < 4.78 is 9.81. The van der Waals surface area contributed by atoms with Crippen LogP contribution in [-0.2, 0) is 19.1 Å². The highest BCUT2D eigenvalue weighted by Crippen LogP contribution is 2.19. The lowest BCUT2D eigenvalue weighted by Crippen LogP contribution is -2.26. The van der Waals surface area contributed by atoms with Gasteiger partial charge in [-0.2, -0.15) is 0 Å². The molecule has 1 heterocycles. The molecular formula is C13H17NO4. The van der Waals surface area contributed by atoms with Crippen LogP contribution < -0.4 is 0 Å². The highest BCUT2D eigenvalue weighted by molar-refractivity contribution is 6.00. The van der Waals surface area contributed by atoms with Crippen LogP contribution in [0.2, 0.25) is 0 Å². The number of rotatable bonds is 5. The summed E-state index contributed by atoms with van der Waals surface area (Å²) in [6.07, 6.45) is 1.55. The van der Waals surface area contributed by atoms with Gasteiger partial charge in [0.1, 0.15) is 0 Å². The van der Waals surface area contributed by atoms with Crippen LogP contribution in [0.1, 0.15) is 31.0 Å². The maximum Gasteiger partial charge on any atom is 0.324 e. The van der Waals surface area contributed by atoms with Crippen LogP contribution in [0, 0.1) is 6.92 Å². The van der Waals surface area contributed by atoms with Crippen LogP contribution in [-0.4, -0.2) is 30.1 Å². The van der Waals surface area contributed by atoms with Gasteiger partial charge in [-0.15, -0.1) is 0 Å². The van der Waals surface area contributed by atoms with E-state index in [2.05, 4.69) is 4.98 Å². The Morgan fingerprint density at radius 3 is 2.22 bits per heavy atom. The molecule has 18 heavy (non-hydrogen) atoms. The number of aromatic nitrogens is 1. The van der Waals surface area contributed by atoms with Crippen molar-refractivity contribution in [1.82, 2.24) is 4.98 Å². The van der Waals surface area contributed by atoms with Gasteiger partial charge in [0.15, 0.2) is 5.92 Å². The first kappa shape index (κ1) is 14.2. The smallest absolute Gasteiger partial charge is 0.324 e. The molecule has 0 aliphatic heterocycles. The lowest BCUT2D eigenvalue weighted by molar-refractivity contribution is -0.156. The Kier molecular flexibility index (Phi) is 5.30. The number of hydrogen-bond donors (Lipinski definition) is 0. The Morgan fingerprint density at radius 2 is 1.78 bits per heavy atom. The minimum absolute atomic E-state index is 0.221. The molecule has 0 amide bonds. The second-order valence-corrected chi connectivity index (χ2v) is 3.67. The van der Waals surface area contributed by atoms with Crippen molar-refractivity contribution in [2.45, 2.75) is 26.7 Å². The van der Waals surface area contributed by atoms with Crippen molar-refractivity contribution in [1.29, 1.82) is 0 Å². The van der Waals surface area contributed by atoms with E-state index in [9.17, 15) is 9.59 Å². The van der Waals surface area contributed by atoms with Crippen molar-refractivity contribution in [2.24, 2.45) is 0 Å². The number of ether oxygens (including phenoxy) is 2. The first-order valence-corrected chi connectivity index (χ1v) is 5.86. The number of carbonyl (C=O) groups is 2. The SMILES string of the molecule is CCOC(=O)C(C(=O)OCC)c1ccnc(C)c1. The van der Waals surface area contributed by atoms with Crippen molar-refractivity contribution < 1.29 is 19.1 Å². The molecule has 0 saturated heterocycles. The van der Waals surface area contributed by atoms with Crippen LogP contribution in [0.4, 0.5) is 0 Å².